The second-order valence-electron chi connectivity index (χ2n) is 5.35. The quantitative estimate of drug-likeness (QED) is 0.815. The van der Waals surface area contributed by atoms with E-state index in [1.165, 1.54) is 7.11 Å². The summed E-state index contributed by atoms with van der Waals surface area (Å²) in [4.78, 5) is 23.4. The largest absolute Gasteiger partial charge is 0.484 e. The van der Waals surface area contributed by atoms with E-state index in [1.807, 2.05) is 45.9 Å². The van der Waals surface area contributed by atoms with Crippen molar-refractivity contribution in [1.29, 1.82) is 0 Å². The highest BCUT2D eigenvalue weighted by atomic mass is 16.5. The van der Waals surface area contributed by atoms with Crippen LogP contribution in [0.2, 0.25) is 0 Å². The maximum Gasteiger partial charge on any atom is 0.328 e. The molecule has 0 radical (unpaired) electrons. The van der Waals surface area contributed by atoms with Gasteiger partial charge in [-0.2, -0.15) is 0 Å². The molecule has 0 aliphatic rings. The highest BCUT2D eigenvalue weighted by Crippen LogP contribution is 2.16. The van der Waals surface area contributed by atoms with Gasteiger partial charge in [-0.1, -0.05) is 19.9 Å². The molecular formula is C16H23NO4. The van der Waals surface area contributed by atoms with Crippen LogP contribution in [-0.2, 0) is 14.3 Å². The molecule has 116 valence electrons. The topological polar surface area (TPSA) is 64.6 Å². The van der Waals surface area contributed by atoms with Gasteiger partial charge in [0.2, 0.25) is 0 Å². The van der Waals surface area contributed by atoms with Crippen molar-refractivity contribution in [2.75, 3.05) is 13.7 Å². The van der Waals surface area contributed by atoms with E-state index in [1.54, 1.807) is 0 Å². The van der Waals surface area contributed by atoms with E-state index < -0.39 is 12.0 Å². The Bertz CT molecular complexity index is 511. The number of esters is 1. The number of carbonyl (C=O) groups excluding carboxylic acids is 2. The number of ether oxygens (including phenoxy) is 2. The van der Waals surface area contributed by atoms with Gasteiger partial charge < -0.3 is 14.8 Å². The zero-order chi connectivity index (χ0) is 16.0. The predicted molar refractivity (Wildman–Crippen MR) is 80.2 cm³/mol. The molecule has 0 heterocycles. The van der Waals surface area contributed by atoms with Crippen molar-refractivity contribution in [3.8, 4) is 5.75 Å². The van der Waals surface area contributed by atoms with Gasteiger partial charge in [-0.25, -0.2) is 4.79 Å². The van der Waals surface area contributed by atoms with Crippen LogP contribution in [0.1, 0.15) is 25.0 Å². The average molecular weight is 293 g/mol. The number of hydrogen-bond acceptors (Lipinski definition) is 4. The van der Waals surface area contributed by atoms with Crippen molar-refractivity contribution in [3.05, 3.63) is 29.3 Å². The third-order valence-electron chi connectivity index (χ3n) is 3.29. The Morgan fingerprint density at radius 1 is 1.19 bits per heavy atom. The molecule has 1 aromatic rings. The van der Waals surface area contributed by atoms with Gasteiger partial charge in [-0.3, -0.25) is 4.79 Å². The van der Waals surface area contributed by atoms with Crippen LogP contribution in [0, 0.1) is 19.8 Å². The summed E-state index contributed by atoms with van der Waals surface area (Å²) in [5.41, 5.74) is 2.26. The van der Waals surface area contributed by atoms with E-state index in [0.717, 1.165) is 11.1 Å². The van der Waals surface area contributed by atoms with Crippen molar-refractivity contribution in [2.45, 2.75) is 33.7 Å². The number of benzene rings is 1. The molecule has 1 aromatic carbocycles. The summed E-state index contributed by atoms with van der Waals surface area (Å²) in [7, 11) is 1.30. The van der Waals surface area contributed by atoms with E-state index in [2.05, 4.69) is 10.1 Å². The summed E-state index contributed by atoms with van der Waals surface area (Å²) in [5, 5.41) is 2.62. The molecular weight excluding hydrogens is 270 g/mol. The molecule has 5 nitrogen and oxygen atoms in total. The van der Waals surface area contributed by atoms with Gasteiger partial charge >= 0.3 is 5.97 Å². The molecule has 21 heavy (non-hydrogen) atoms. The molecule has 1 rings (SSSR count). The molecule has 1 amide bonds. The molecule has 5 heteroatoms. The number of carbonyl (C=O) groups is 2. The van der Waals surface area contributed by atoms with Crippen molar-refractivity contribution in [1.82, 2.24) is 5.32 Å². The smallest absolute Gasteiger partial charge is 0.328 e. The first-order valence-electron chi connectivity index (χ1n) is 6.92. The van der Waals surface area contributed by atoms with E-state index >= 15 is 0 Å². The Morgan fingerprint density at radius 3 is 2.38 bits per heavy atom. The third kappa shape index (κ3) is 5.10. The van der Waals surface area contributed by atoms with Gasteiger partial charge in [0.05, 0.1) is 7.11 Å². The third-order valence-corrected chi connectivity index (χ3v) is 3.29. The Labute approximate surface area is 125 Å². The molecule has 0 aliphatic heterocycles. The lowest BCUT2D eigenvalue weighted by Gasteiger charge is -2.19. The number of amides is 1. The molecule has 0 aromatic heterocycles. The van der Waals surface area contributed by atoms with Crippen LogP contribution in [0.4, 0.5) is 0 Å². The maximum atomic E-state index is 11.9. The van der Waals surface area contributed by atoms with Crippen molar-refractivity contribution < 1.29 is 19.1 Å². The number of rotatable bonds is 6. The molecule has 0 saturated heterocycles. The standard InChI is InChI=1S/C16H23NO4/c1-10(2)15(16(19)20-5)17-14(18)9-21-13-7-6-11(3)12(4)8-13/h6-8,10,15H,9H2,1-5H3,(H,17,18)/t15-/m0/s1. The molecule has 0 bridgehead atoms. The minimum absolute atomic E-state index is 0.0528. The molecule has 0 saturated carbocycles. The van der Waals surface area contributed by atoms with Crippen LogP contribution in [-0.4, -0.2) is 31.6 Å². The maximum absolute atomic E-state index is 11.9. The lowest BCUT2D eigenvalue weighted by Crippen LogP contribution is -2.46. The SMILES string of the molecule is COC(=O)[C@@H](NC(=O)COc1ccc(C)c(C)c1)C(C)C. The fourth-order valence-corrected chi connectivity index (χ4v) is 1.79. The summed E-state index contributed by atoms with van der Waals surface area (Å²) in [6.45, 7) is 7.53. The minimum Gasteiger partial charge on any atom is -0.484 e. The second kappa shape index (κ2) is 7.67. The summed E-state index contributed by atoms with van der Waals surface area (Å²) in [6, 6.07) is 4.97. The Hall–Kier alpha value is -2.04. The first-order valence-corrected chi connectivity index (χ1v) is 6.92. The summed E-state index contributed by atoms with van der Waals surface area (Å²) in [6.07, 6.45) is 0. The zero-order valence-electron chi connectivity index (χ0n) is 13.2. The zero-order valence-corrected chi connectivity index (χ0v) is 13.2. The van der Waals surface area contributed by atoms with Crippen molar-refractivity contribution in [3.63, 3.8) is 0 Å². The van der Waals surface area contributed by atoms with Crippen LogP contribution in [0.25, 0.3) is 0 Å². The molecule has 0 aliphatic carbocycles. The second-order valence-corrected chi connectivity index (χ2v) is 5.35. The van der Waals surface area contributed by atoms with Crippen LogP contribution in [0.3, 0.4) is 0 Å². The van der Waals surface area contributed by atoms with Gasteiger partial charge in [-0.05, 0) is 43.0 Å². The van der Waals surface area contributed by atoms with Crippen LogP contribution >= 0.6 is 0 Å². The van der Waals surface area contributed by atoms with E-state index in [9.17, 15) is 9.59 Å². The molecule has 0 spiro atoms. The van der Waals surface area contributed by atoms with Crippen LogP contribution in [0.5, 0.6) is 5.75 Å². The average Bonchev–Trinajstić information content (AvgIpc) is 2.44. The van der Waals surface area contributed by atoms with E-state index in [0.29, 0.717) is 5.75 Å². The number of hydrogen-bond donors (Lipinski definition) is 1. The first kappa shape index (κ1) is 17.0. The van der Waals surface area contributed by atoms with Crippen LogP contribution < -0.4 is 10.1 Å². The minimum atomic E-state index is -0.661. The normalized spacial score (nSPS) is 11.9. The van der Waals surface area contributed by atoms with E-state index in [-0.39, 0.29) is 18.4 Å². The molecule has 1 atom stereocenters. The fourth-order valence-electron chi connectivity index (χ4n) is 1.79. The Balaban J connectivity index is 2.56. The molecule has 0 unspecified atom stereocenters. The Morgan fingerprint density at radius 2 is 1.86 bits per heavy atom. The summed E-state index contributed by atoms with van der Waals surface area (Å²) in [5.74, 6) is -0.225. The molecule has 1 N–H and O–H groups in total. The lowest BCUT2D eigenvalue weighted by molar-refractivity contribution is -0.146. The highest BCUT2D eigenvalue weighted by molar-refractivity contribution is 5.85. The first-order chi connectivity index (χ1) is 9.85. The van der Waals surface area contributed by atoms with Gasteiger partial charge in [0.15, 0.2) is 6.61 Å². The van der Waals surface area contributed by atoms with Gasteiger partial charge in [0.25, 0.3) is 5.91 Å². The van der Waals surface area contributed by atoms with Crippen molar-refractivity contribution >= 4 is 11.9 Å². The van der Waals surface area contributed by atoms with Gasteiger partial charge in [0.1, 0.15) is 11.8 Å². The summed E-state index contributed by atoms with van der Waals surface area (Å²) < 4.78 is 10.1. The lowest BCUT2D eigenvalue weighted by atomic mass is 10.0. The van der Waals surface area contributed by atoms with Crippen LogP contribution in [0.15, 0.2) is 18.2 Å². The summed E-state index contributed by atoms with van der Waals surface area (Å²) >= 11 is 0. The van der Waals surface area contributed by atoms with Gasteiger partial charge in [0, 0.05) is 0 Å². The number of nitrogens with one attached hydrogen (secondary N) is 1. The Kier molecular flexibility index (Phi) is 6.21. The number of methoxy groups -OCH3 is 1. The fraction of sp³-hybridized carbons (Fsp3) is 0.500. The highest BCUT2D eigenvalue weighted by Gasteiger charge is 2.24. The van der Waals surface area contributed by atoms with E-state index in [4.69, 9.17) is 4.74 Å². The number of aryl methyl sites for hydroxylation is 2. The van der Waals surface area contributed by atoms with Gasteiger partial charge in [-0.15, -0.1) is 0 Å². The predicted octanol–water partition coefficient (Wildman–Crippen LogP) is 2.00. The monoisotopic (exact) mass is 293 g/mol. The van der Waals surface area contributed by atoms with Crippen molar-refractivity contribution in [2.24, 2.45) is 5.92 Å². The molecule has 0 fully saturated rings.